The molecule has 0 atom stereocenters. The Balaban J connectivity index is 1.29. The second-order valence-corrected chi connectivity index (χ2v) is 9.94. The van der Waals surface area contributed by atoms with Crippen molar-refractivity contribution in [2.45, 2.75) is 26.3 Å². The predicted octanol–water partition coefficient (Wildman–Crippen LogP) is 5.15. The first-order valence-electron chi connectivity index (χ1n) is 11.3. The Bertz CT molecular complexity index is 1410. The van der Waals surface area contributed by atoms with E-state index < -0.39 is 0 Å². The largest absolute Gasteiger partial charge is 0.352 e. The minimum atomic E-state index is -0.122. The predicted molar refractivity (Wildman–Crippen MR) is 139 cm³/mol. The summed E-state index contributed by atoms with van der Waals surface area (Å²) in [6.45, 7) is 3.79. The zero-order valence-electron chi connectivity index (χ0n) is 18.8. The van der Waals surface area contributed by atoms with Gasteiger partial charge in [-0.15, -0.1) is 11.3 Å². The second kappa shape index (κ2) is 9.60. The smallest absolute Gasteiger partial charge is 0.270 e. The van der Waals surface area contributed by atoms with Gasteiger partial charge in [0.05, 0.1) is 5.52 Å². The van der Waals surface area contributed by atoms with Crippen LogP contribution in [0.1, 0.15) is 24.0 Å². The van der Waals surface area contributed by atoms with Crippen molar-refractivity contribution in [2.75, 3.05) is 18.0 Å². The number of fused-ring (bicyclic) bond motifs is 1. The van der Waals surface area contributed by atoms with Crippen molar-refractivity contribution in [3.8, 4) is 11.1 Å². The lowest BCUT2D eigenvalue weighted by molar-refractivity contribution is -0.125. The lowest BCUT2D eigenvalue weighted by Crippen LogP contribution is -2.41. The molecule has 4 aromatic rings. The molecule has 174 valence electrons. The van der Waals surface area contributed by atoms with Crippen LogP contribution in [0, 0.1) is 12.8 Å². The summed E-state index contributed by atoms with van der Waals surface area (Å²) in [7, 11) is 0. The number of hydrogen-bond acceptors (Lipinski definition) is 5. The molecule has 2 aromatic heterocycles. The van der Waals surface area contributed by atoms with Gasteiger partial charge in [0.25, 0.3) is 5.56 Å². The van der Waals surface area contributed by atoms with Gasteiger partial charge in [0.1, 0.15) is 4.70 Å². The number of amides is 1. The number of anilines is 1. The van der Waals surface area contributed by atoms with Gasteiger partial charge in [-0.3, -0.25) is 14.6 Å². The fourth-order valence-corrected chi connectivity index (χ4v) is 5.52. The SMILES string of the molecule is Cc1cccc(-c2csc3c(=O)[nH]c(N4CCC(C(=O)NCc5ccccc5Cl)CC4)nc23)c1. The molecule has 0 bridgehead atoms. The third-order valence-electron chi connectivity index (χ3n) is 6.32. The molecule has 0 aliphatic carbocycles. The number of nitrogens with zero attached hydrogens (tertiary/aromatic N) is 2. The summed E-state index contributed by atoms with van der Waals surface area (Å²) in [4.78, 5) is 35.4. The number of rotatable bonds is 5. The number of nitrogens with one attached hydrogen (secondary N) is 2. The van der Waals surface area contributed by atoms with Crippen LogP contribution in [0.5, 0.6) is 0 Å². The summed E-state index contributed by atoms with van der Waals surface area (Å²) in [5, 5.41) is 5.67. The minimum Gasteiger partial charge on any atom is -0.352 e. The van der Waals surface area contributed by atoms with Crippen LogP contribution in [0.3, 0.4) is 0 Å². The molecular formula is C26H25ClN4O2S. The molecule has 8 heteroatoms. The zero-order chi connectivity index (χ0) is 23.7. The Kier molecular flexibility index (Phi) is 6.39. The Labute approximate surface area is 206 Å². The van der Waals surface area contributed by atoms with Gasteiger partial charge in [0, 0.05) is 41.5 Å². The monoisotopic (exact) mass is 492 g/mol. The van der Waals surface area contributed by atoms with Gasteiger partial charge in [-0.2, -0.15) is 0 Å². The molecule has 34 heavy (non-hydrogen) atoms. The summed E-state index contributed by atoms with van der Waals surface area (Å²) in [6, 6.07) is 15.7. The fourth-order valence-electron chi connectivity index (χ4n) is 4.41. The number of halogens is 1. The number of hydrogen-bond donors (Lipinski definition) is 2. The quantitative estimate of drug-likeness (QED) is 0.404. The number of aromatic amines is 1. The molecule has 1 fully saturated rings. The van der Waals surface area contributed by atoms with Crippen molar-refractivity contribution < 1.29 is 4.79 Å². The molecule has 5 rings (SSSR count). The van der Waals surface area contributed by atoms with E-state index in [0.717, 1.165) is 27.8 Å². The maximum atomic E-state index is 12.8. The molecule has 2 aromatic carbocycles. The topological polar surface area (TPSA) is 78.1 Å². The van der Waals surface area contributed by atoms with E-state index in [1.54, 1.807) is 0 Å². The van der Waals surface area contributed by atoms with E-state index in [0.29, 0.717) is 48.1 Å². The third-order valence-corrected chi connectivity index (χ3v) is 7.66. The Morgan fingerprint density at radius 3 is 2.76 bits per heavy atom. The summed E-state index contributed by atoms with van der Waals surface area (Å²) in [5.74, 6) is 0.536. The molecular weight excluding hydrogens is 468 g/mol. The molecule has 0 spiro atoms. The Morgan fingerprint density at radius 1 is 1.21 bits per heavy atom. The van der Waals surface area contributed by atoms with Crippen LogP contribution in [-0.4, -0.2) is 29.0 Å². The molecule has 6 nitrogen and oxygen atoms in total. The van der Waals surface area contributed by atoms with Gasteiger partial charge in [0.2, 0.25) is 11.9 Å². The third kappa shape index (κ3) is 4.58. The number of thiophene rings is 1. The number of H-pyrrole nitrogens is 1. The Hall–Kier alpha value is -3.16. The standard InChI is InChI=1S/C26H25ClN4O2S/c1-16-5-4-7-18(13-16)20-15-34-23-22(20)29-26(30-25(23)33)31-11-9-17(10-12-31)24(32)28-14-19-6-2-3-8-21(19)27/h2-8,13,15,17H,9-12,14H2,1H3,(H,28,32)(H,29,30,33). The van der Waals surface area contributed by atoms with Crippen molar-refractivity contribution in [3.05, 3.63) is 80.4 Å². The highest BCUT2D eigenvalue weighted by Gasteiger charge is 2.26. The normalized spacial score (nSPS) is 14.5. The molecule has 0 unspecified atom stereocenters. The van der Waals surface area contributed by atoms with Gasteiger partial charge < -0.3 is 10.2 Å². The number of benzene rings is 2. The molecule has 2 N–H and O–H groups in total. The van der Waals surface area contributed by atoms with E-state index in [4.69, 9.17) is 16.6 Å². The number of aromatic nitrogens is 2. The number of carbonyl (C=O) groups excluding carboxylic acids is 1. The molecule has 3 heterocycles. The maximum absolute atomic E-state index is 12.8. The maximum Gasteiger partial charge on any atom is 0.270 e. The lowest BCUT2D eigenvalue weighted by atomic mass is 9.96. The van der Waals surface area contributed by atoms with E-state index in [9.17, 15) is 9.59 Å². The first-order valence-corrected chi connectivity index (χ1v) is 12.6. The first-order chi connectivity index (χ1) is 16.5. The highest BCUT2D eigenvalue weighted by molar-refractivity contribution is 7.17. The molecule has 0 radical (unpaired) electrons. The molecule has 1 aliphatic rings. The molecule has 1 amide bonds. The van der Waals surface area contributed by atoms with E-state index >= 15 is 0 Å². The van der Waals surface area contributed by atoms with Gasteiger partial charge in [-0.05, 0) is 37.0 Å². The first kappa shape index (κ1) is 22.6. The van der Waals surface area contributed by atoms with Crippen LogP contribution in [-0.2, 0) is 11.3 Å². The zero-order valence-corrected chi connectivity index (χ0v) is 20.4. The number of aryl methyl sites for hydroxylation is 1. The van der Waals surface area contributed by atoms with E-state index in [2.05, 4.69) is 34.3 Å². The van der Waals surface area contributed by atoms with Crippen LogP contribution in [0.2, 0.25) is 5.02 Å². The van der Waals surface area contributed by atoms with Crippen molar-refractivity contribution in [3.63, 3.8) is 0 Å². The van der Waals surface area contributed by atoms with Crippen molar-refractivity contribution in [2.24, 2.45) is 5.92 Å². The fraction of sp³-hybridized carbons (Fsp3) is 0.269. The van der Waals surface area contributed by atoms with Crippen LogP contribution in [0.4, 0.5) is 5.95 Å². The van der Waals surface area contributed by atoms with Crippen LogP contribution >= 0.6 is 22.9 Å². The Morgan fingerprint density at radius 2 is 2.00 bits per heavy atom. The highest BCUT2D eigenvalue weighted by atomic mass is 35.5. The second-order valence-electron chi connectivity index (χ2n) is 8.66. The van der Waals surface area contributed by atoms with Crippen LogP contribution in [0.15, 0.2) is 58.7 Å². The average molecular weight is 493 g/mol. The van der Waals surface area contributed by atoms with Gasteiger partial charge >= 0.3 is 0 Å². The van der Waals surface area contributed by atoms with Gasteiger partial charge in [-0.1, -0.05) is 59.6 Å². The average Bonchev–Trinajstić information content (AvgIpc) is 3.28. The summed E-state index contributed by atoms with van der Waals surface area (Å²) in [5.41, 5.74) is 4.72. The van der Waals surface area contributed by atoms with Crippen LogP contribution < -0.4 is 15.8 Å². The van der Waals surface area contributed by atoms with Crippen molar-refractivity contribution >= 4 is 45.0 Å². The van der Waals surface area contributed by atoms with Gasteiger partial charge in [0.15, 0.2) is 0 Å². The van der Waals surface area contributed by atoms with E-state index in [-0.39, 0.29) is 17.4 Å². The minimum absolute atomic E-state index is 0.0380. The van der Waals surface area contributed by atoms with Crippen LogP contribution in [0.25, 0.3) is 21.3 Å². The summed E-state index contributed by atoms with van der Waals surface area (Å²) < 4.78 is 0.633. The molecule has 1 aliphatic heterocycles. The van der Waals surface area contributed by atoms with Gasteiger partial charge in [-0.25, -0.2) is 4.98 Å². The summed E-state index contributed by atoms with van der Waals surface area (Å²) >= 11 is 7.61. The van der Waals surface area contributed by atoms with Crippen molar-refractivity contribution in [1.82, 2.24) is 15.3 Å². The van der Waals surface area contributed by atoms with Crippen molar-refractivity contribution in [1.29, 1.82) is 0 Å². The van der Waals surface area contributed by atoms with E-state index in [1.165, 1.54) is 11.3 Å². The molecule has 0 saturated carbocycles. The highest BCUT2D eigenvalue weighted by Crippen LogP contribution is 2.32. The number of piperidine rings is 1. The number of carbonyl (C=O) groups is 1. The lowest BCUT2D eigenvalue weighted by Gasteiger charge is -2.31. The molecule has 1 saturated heterocycles. The van der Waals surface area contributed by atoms with E-state index in [1.807, 2.05) is 41.8 Å². The summed E-state index contributed by atoms with van der Waals surface area (Å²) in [6.07, 6.45) is 1.40.